The molecule has 18 heavy (non-hydrogen) atoms. The van der Waals surface area contributed by atoms with Crippen LogP contribution in [0.1, 0.15) is 30.1 Å². The molecule has 1 saturated heterocycles. The predicted molar refractivity (Wildman–Crippen MR) is 71.8 cm³/mol. The maximum Gasteiger partial charge on any atom is 0.251 e. The van der Waals surface area contributed by atoms with Crippen molar-refractivity contribution in [1.82, 2.24) is 5.32 Å². The molecule has 0 aromatic heterocycles. The molecule has 98 valence electrons. The normalized spacial score (nSPS) is 18.3. The fourth-order valence-electron chi connectivity index (χ4n) is 2.04. The van der Waals surface area contributed by atoms with Crippen LogP contribution in [0.4, 0.5) is 5.69 Å². The molecule has 1 amide bonds. The molecule has 0 aliphatic carbocycles. The minimum absolute atomic E-state index is 0.145. The maximum absolute atomic E-state index is 12.2. The van der Waals surface area contributed by atoms with Crippen LogP contribution >= 0.6 is 11.6 Å². The van der Waals surface area contributed by atoms with Crippen molar-refractivity contribution >= 4 is 23.2 Å². The van der Waals surface area contributed by atoms with Crippen LogP contribution in [0.3, 0.4) is 0 Å². The van der Waals surface area contributed by atoms with Crippen LogP contribution in [0.15, 0.2) is 18.2 Å². The van der Waals surface area contributed by atoms with Crippen molar-refractivity contribution in [1.29, 1.82) is 0 Å². The number of hydrogen-bond donors (Lipinski definition) is 2. The lowest BCUT2D eigenvalue weighted by atomic mass is 9.92. The number of halogens is 1. The second-order valence-corrected chi connectivity index (χ2v) is 5.34. The van der Waals surface area contributed by atoms with Gasteiger partial charge >= 0.3 is 0 Å². The SMILES string of the molecule is CC1(NC(=O)c2cc(N)cc(Cl)c2)CCOCC1. The first kappa shape index (κ1) is 13.2. The lowest BCUT2D eigenvalue weighted by molar-refractivity contribution is 0.0423. The molecule has 0 atom stereocenters. The Morgan fingerprint density at radius 1 is 1.39 bits per heavy atom. The molecule has 0 radical (unpaired) electrons. The van der Waals surface area contributed by atoms with E-state index < -0.39 is 0 Å². The Bertz CT molecular complexity index is 436. The average molecular weight is 269 g/mol. The number of hydrogen-bond acceptors (Lipinski definition) is 3. The van der Waals surface area contributed by atoms with Gasteiger partial charge in [-0.25, -0.2) is 0 Å². The maximum atomic E-state index is 12.2. The summed E-state index contributed by atoms with van der Waals surface area (Å²) in [4.78, 5) is 12.2. The molecule has 1 aliphatic rings. The van der Waals surface area contributed by atoms with Crippen LogP contribution in [0, 0.1) is 0 Å². The Balaban J connectivity index is 2.11. The van der Waals surface area contributed by atoms with Crippen LogP contribution in [-0.4, -0.2) is 24.7 Å². The van der Waals surface area contributed by atoms with E-state index in [4.69, 9.17) is 22.1 Å². The van der Waals surface area contributed by atoms with E-state index in [1.807, 2.05) is 6.92 Å². The van der Waals surface area contributed by atoms with Crippen molar-refractivity contribution < 1.29 is 9.53 Å². The van der Waals surface area contributed by atoms with Gasteiger partial charge in [-0.05, 0) is 38.0 Å². The van der Waals surface area contributed by atoms with E-state index in [9.17, 15) is 4.79 Å². The van der Waals surface area contributed by atoms with Crippen molar-refractivity contribution in [2.24, 2.45) is 0 Å². The van der Waals surface area contributed by atoms with E-state index in [0.29, 0.717) is 29.5 Å². The summed E-state index contributed by atoms with van der Waals surface area (Å²) >= 11 is 5.89. The molecule has 5 heteroatoms. The first-order valence-electron chi connectivity index (χ1n) is 5.95. The van der Waals surface area contributed by atoms with Gasteiger partial charge in [0.05, 0.1) is 0 Å². The lowest BCUT2D eigenvalue weighted by Gasteiger charge is -2.34. The third kappa shape index (κ3) is 3.15. The van der Waals surface area contributed by atoms with Crippen molar-refractivity contribution in [3.05, 3.63) is 28.8 Å². The van der Waals surface area contributed by atoms with Crippen molar-refractivity contribution in [2.45, 2.75) is 25.3 Å². The smallest absolute Gasteiger partial charge is 0.251 e. The summed E-state index contributed by atoms with van der Waals surface area (Å²) in [6, 6.07) is 4.87. The van der Waals surface area contributed by atoms with E-state index in [1.165, 1.54) is 0 Å². The molecule has 2 rings (SSSR count). The Hall–Kier alpha value is -1.26. The van der Waals surface area contributed by atoms with E-state index in [-0.39, 0.29) is 11.4 Å². The van der Waals surface area contributed by atoms with Gasteiger partial charge in [-0.1, -0.05) is 11.6 Å². The molecular formula is C13H17ClN2O2. The van der Waals surface area contributed by atoms with Crippen molar-refractivity contribution in [3.8, 4) is 0 Å². The number of nitrogen functional groups attached to an aromatic ring is 1. The Kier molecular flexibility index (Phi) is 3.78. The van der Waals surface area contributed by atoms with Gasteiger partial charge in [0.1, 0.15) is 0 Å². The molecule has 1 aromatic carbocycles. The van der Waals surface area contributed by atoms with Gasteiger partial charge in [0, 0.05) is 35.0 Å². The Morgan fingerprint density at radius 3 is 2.67 bits per heavy atom. The standard InChI is InChI=1S/C13H17ClN2O2/c1-13(2-4-18-5-3-13)16-12(17)9-6-10(14)8-11(15)7-9/h6-8H,2-5,15H2,1H3,(H,16,17). The minimum Gasteiger partial charge on any atom is -0.399 e. The molecule has 0 unspecified atom stereocenters. The van der Waals surface area contributed by atoms with Gasteiger partial charge in [-0.15, -0.1) is 0 Å². The Morgan fingerprint density at radius 2 is 2.06 bits per heavy atom. The number of carbonyl (C=O) groups is 1. The van der Waals surface area contributed by atoms with Crippen LogP contribution in [-0.2, 0) is 4.74 Å². The van der Waals surface area contributed by atoms with Gasteiger partial charge < -0.3 is 15.8 Å². The van der Waals surface area contributed by atoms with Gasteiger partial charge in [0.25, 0.3) is 5.91 Å². The summed E-state index contributed by atoms with van der Waals surface area (Å²) in [6.07, 6.45) is 1.63. The van der Waals surface area contributed by atoms with Crippen molar-refractivity contribution in [2.75, 3.05) is 18.9 Å². The van der Waals surface area contributed by atoms with E-state index in [2.05, 4.69) is 5.32 Å². The van der Waals surface area contributed by atoms with E-state index >= 15 is 0 Å². The fraction of sp³-hybridized carbons (Fsp3) is 0.462. The quantitative estimate of drug-likeness (QED) is 0.809. The zero-order valence-corrected chi connectivity index (χ0v) is 11.1. The summed E-state index contributed by atoms with van der Waals surface area (Å²) < 4.78 is 5.30. The summed E-state index contributed by atoms with van der Waals surface area (Å²) in [7, 11) is 0. The monoisotopic (exact) mass is 268 g/mol. The van der Waals surface area contributed by atoms with Gasteiger partial charge in [0.15, 0.2) is 0 Å². The number of nitrogens with two attached hydrogens (primary N) is 1. The second kappa shape index (κ2) is 5.16. The third-order valence-electron chi connectivity index (χ3n) is 3.19. The molecule has 0 bridgehead atoms. The van der Waals surface area contributed by atoms with Crippen LogP contribution in [0.5, 0.6) is 0 Å². The zero-order valence-electron chi connectivity index (χ0n) is 10.3. The first-order chi connectivity index (χ1) is 8.48. The summed E-state index contributed by atoms with van der Waals surface area (Å²) in [6.45, 7) is 3.38. The number of nitrogens with one attached hydrogen (secondary N) is 1. The fourth-order valence-corrected chi connectivity index (χ4v) is 2.28. The summed E-state index contributed by atoms with van der Waals surface area (Å²) in [5.41, 5.74) is 6.45. The highest BCUT2D eigenvalue weighted by Crippen LogP contribution is 2.22. The van der Waals surface area contributed by atoms with Crippen LogP contribution < -0.4 is 11.1 Å². The largest absolute Gasteiger partial charge is 0.399 e. The highest BCUT2D eigenvalue weighted by atomic mass is 35.5. The highest BCUT2D eigenvalue weighted by Gasteiger charge is 2.29. The number of anilines is 1. The van der Waals surface area contributed by atoms with Crippen LogP contribution in [0.2, 0.25) is 5.02 Å². The molecule has 1 fully saturated rings. The number of ether oxygens (including phenoxy) is 1. The minimum atomic E-state index is -0.216. The molecule has 0 spiro atoms. The molecular weight excluding hydrogens is 252 g/mol. The number of benzene rings is 1. The Labute approximate surface area is 111 Å². The van der Waals surface area contributed by atoms with Gasteiger partial charge in [-0.2, -0.15) is 0 Å². The van der Waals surface area contributed by atoms with E-state index in [0.717, 1.165) is 12.8 Å². The molecule has 1 heterocycles. The lowest BCUT2D eigenvalue weighted by Crippen LogP contribution is -2.49. The summed E-state index contributed by atoms with van der Waals surface area (Å²) in [5, 5.41) is 3.50. The molecule has 1 aliphatic heterocycles. The number of amides is 1. The van der Waals surface area contributed by atoms with E-state index in [1.54, 1.807) is 18.2 Å². The molecule has 1 aromatic rings. The number of carbonyl (C=O) groups excluding carboxylic acids is 1. The molecule has 3 N–H and O–H groups in total. The first-order valence-corrected chi connectivity index (χ1v) is 6.33. The predicted octanol–water partition coefficient (Wildman–Crippen LogP) is 2.22. The average Bonchev–Trinajstić information content (AvgIpc) is 2.28. The molecule has 4 nitrogen and oxygen atoms in total. The topological polar surface area (TPSA) is 64.4 Å². The second-order valence-electron chi connectivity index (χ2n) is 4.90. The number of rotatable bonds is 2. The third-order valence-corrected chi connectivity index (χ3v) is 3.41. The van der Waals surface area contributed by atoms with Gasteiger partial charge in [0.2, 0.25) is 0 Å². The highest BCUT2D eigenvalue weighted by molar-refractivity contribution is 6.31. The van der Waals surface area contributed by atoms with Crippen LogP contribution in [0.25, 0.3) is 0 Å². The molecule has 0 saturated carbocycles. The van der Waals surface area contributed by atoms with Gasteiger partial charge in [-0.3, -0.25) is 4.79 Å². The summed E-state index contributed by atoms with van der Waals surface area (Å²) in [5.74, 6) is -0.145. The van der Waals surface area contributed by atoms with Crippen molar-refractivity contribution in [3.63, 3.8) is 0 Å². The zero-order chi connectivity index (χ0) is 13.2.